The Labute approximate surface area is 638 Å². The first kappa shape index (κ1) is 78.4. The molecule has 8 aliphatic rings. The van der Waals surface area contributed by atoms with Gasteiger partial charge in [0.2, 0.25) is 0 Å². The summed E-state index contributed by atoms with van der Waals surface area (Å²) < 4.78 is 56.1. The summed E-state index contributed by atoms with van der Waals surface area (Å²) in [7, 11) is 8.16. The van der Waals surface area contributed by atoms with Crippen molar-refractivity contribution in [3.63, 3.8) is 0 Å². The van der Waals surface area contributed by atoms with Gasteiger partial charge < -0.3 is 46.8 Å². The Hall–Kier alpha value is -5.29. The van der Waals surface area contributed by atoms with Crippen LogP contribution in [-0.2, 0) is 51.4 Å². The first-order valence-electron chi connectivity index (χ1n) is 31.8. The molecule has 14 rings (SSSR count). The quantitative estimate of drug-likeness (QED) is 0.0931. The van der Waals surface area contributed by atoms with Crippen LogP contribution in [0, 0.1) is 51.1 Å². The third-order valence-corrected chi connectivity index (χ3v) is 22.7. The summed E-state index contributed by atoms with van der Waals surface area (Å²) in [6, 6.07) is 40.5. The smallest absolute Gasteiger partial charge is 1.00 e. The van der Waals surface area contributed by atoms with Gasteiger partial charge in [-0.05, 0) is 217 Å². The zero-order valence-electron chi connectivity index (χ0n) is 56.0. The summed E-state index contributed by atoms with van der Waals surface area (Å²) in [5.41, 5.74) is 19.5. The molecule has 5 spiro atoms. The minimum absolute atomic E-state index is 0. The number of nitriles is 3. The van der Waals surface area contributed by atoms with Crippen molar-refractivity contribution in [2.24, 2.45) is 25.8 Å². The number of fused-ring (bicyclic) bond motifs is 11. The van der Waals surface area contributed by atoms with Gasteiger partial charge in [-0.3, -0.25) is 0 Å². The van der Waals surface area contributed by atoms with Crippen molar-refractivity contribution in [1.82, 2.24) is 0 Å². The maximum atomic E-state index is 12.7. The van der Waals surface area contributed by atoms with Crippen molar-refractivity contribution in [3.8, 4) is 35.5 Å². The zero-order valence-corrected chi connectivity index (χ0v) is 64.6. The molecular weight excluding hydrogens is 1590 g/mol. The van der Waals surface area contributed by atoms with Crippen LogP contribution < -0.4 is 44.5 Å². The number of hydrogen-bond acceptors (Lipinski definition) is 14. The van der Waals surface area contributed by atoms with E-state index in [0.29, 0.717) is 39.1 Å². The average Bonchev–Trinajstić information content (AvgIpc) is 1.52. The van der Waals surface area contributed by atoms with Crippen molar-refractivity contribution in [2.45, 2.75) is 169 Å². The van der Waals surface area contributed by atoms with E-state index >= 15 is 0 Å². The second kappa shape index (κ2) is 33.2. The van der Waals surface area contributed by atoms with Crippen molar-refractivity contribution < 1.29 is 66.6 Å². The maximum Gasteiger partial charge on any atom is 1.00 e. The fraction of sp³-hybridized carbons (Fsp3) is 0.405. The fourth-order valence-electron chi connectivity index (χ4n) is 14.2. The molecule has 16 nitrogen and oxygen atoms in total. The van der Waals surface area contributed by atoms with Gasteiger partial charge in [0, 0.05) is 77.8 Å². The number of hydrogen-bond donors (Lipinski definition) is 2. The summed E-state index contributed by atoms with van der Waals surface area (Å²) >= 11 is 19.2. The molecule has 0 amide bonds. The van der Waals surface area contributed by atoms with Gasteiger partial charge in [-0.15, -0.1) is 0 Å². The van der Waals surface area contributed by atoms with Gasteiger partial charge in [-0.2, -0.15) is 26.6 Å². The molecule has 3 unspecified atom stereocenters. The molecule has 3 atom stereocenters. The molecule has 6 aromatic rings. The van der Waals surface area contributed by atoms with Crippen molar-refractivity contribution in [2.75, 3.05) is 21.3 Å². The molecule has 6 aromatic carbocycles. The number of aliphatic imine (C=N–C) groups is 2. The number of amidine groups is 2. The Morgan fingerprint density at radius 2 is 1.12 bits per heavy atom. The largest absolute Gasteiger partial charge is 1.00 e. The van der Waals surface area contributed by atoms with E-state index in [2.05, 4.69) is 98.4 Å². The predicted molar refractivity (Wildman–Crippen MR) is 394 cm³/mol. The van der Waals surface area contributed by atoms with Gasteiger partial charge in [-0.1, -0.05) is 68.9 Å². The average molecular weight is 1660 g/mol. The van der Waals surface area contributed by atoms with E-state index in [4.69, 9.17) is 73.3 Å². The van der Waals surface area contributed by atoms with Crippen LogP contribution >= 0.6 is 76.1 Å². The van der Waals surface area contributed by atoms with Crippen LogP contribution in [0.25, 0.3) is 4.85 Å². The summed E-state index contributed by atoms with van der Waals surface area (Å²) in [4.78, 5) is 13.3. The van der Waals surface area contributed by atoms with Crippen molar-refractivity contribution >= 4 is 110 Å². The van der Waals surface area contributed by atoms with Crippen molar-refractivity contribution in [1.29, 1.82) is 15.8 Å². The molecule has 5 heterocycles. The zero-order chi connectivity index (χ0) is 70.3. The minimum atomic E-state index is -1.32. The molecule has 3 saturated carbocycles. The van der Waals surface area contributed by atoms with E-state index in [9.17, 15) is 14.7 Å². The van der Waals surface area contributed by atoms with Crippen LogP contribution in [0.2, 0.25) is 5.02 Å². The molecule has 4 N–H and O–H groups in total. The summed E-state index contributed by atoms with van der Waals surface area (Å²) in [5, 5.41) is 28.2. The molecule has 0 aromatic heterocycles. The number of nitrogens with two attached hydrogens (primary N) is 2. The van der Waals surface area contributed by atoms with Gasteiger partial charge in [0.05, 0.1) is 58.5 Å². The van der Waals surface area contributed by atoms with E-state index in [1.807, 2.05) is 122 Å². The summed E-state index contributed by atoms with van der Waals surface area (Å²) in [6.07, 6.45) is 13.2. The van der Waals surface area contributed by atoms with Crippen LogP contribution in [0.4, 0.5) is 5.69 Å². The Kier molecular flexibility index (Phi) is 26.6. The van der Waals surface area contributed by atoms with Crippen molar-refractivity contribution in [3.05, 3.63) is 201 Å². The van der Waals surface area contributed by atoms with Crippen LogP contribution in [-0.4, -0.2) is 82.8 Å². The number of benzene rings is 6. The van der Waals surface area contributed by atoms with E-state index in [1.54, 1.807) is 51.7 Å². The molecule has 3 fully saturated rings. The summed E-state index contributed by atoms with van der Waals surface area (Å²) in [6.45, 7) is 18.3. The number of rotatable bonds is 5. The van der Waals surface area contributed by atoms with Crippen LogP contribution in [0.5, 0.6) is 17.2 Å². The molecule has 3 aliphatic carbocycles. The number of unbranched alkanes of at least 4 members (excludes halogenated alkanes) is 1. The first-order valence-corrected chi connectivity index (χ1v) is 37.3. The Morgan fingerprint density at radius 3 is 1.55 bits per heavy atom. The SMILES string of the molecule is COC1CCC2(CC1)Oc1ccc(Br)cc1C21N=C(N)c2ccc(C#N)cc21.COC1CCC2(CC1)Oc1ccc(Br)cc1C2=NS(=O)C(C)(C)C.COC1CCC2(CC1)Oc1ccc(Cl)cc1C21N=C(N)c2ccc(C#N)cc21.[C-]#[N+]c1ccc(C#N)c(I)c1.[CH2-]CCC.[Cl][Cu].[Li+]. The van der Waals surface area contributed by atoms with Gasteiger partial charge >= 0.3 is 44.1 Å². The number of methoxy groups -OCH3 is 3. The molecule has 0 radical (unpaired) electrons. The number of halogens is 5. The van der Waals surface area contributed by atoms with E-state index in [-0.39, 0.29) is 37.2 Å². The Bertz CT molecular complexity index is 4070. The molecule has 0 bridgehead atoms. The molecule has 0 saturated heterocycles. The van der Waals surface area contributed by atoms with Gasteiger partial charge in [0.15, 0.2) is 22.4 Å². The Balaban J connectivity index is 0.000000167. The van der Waals surface area contributed by atoms with Gasteiger partial charge in [0.25, 0.3) is 0 Å². The minimum Gasteiger partial charge on any atom is 1.00 e. The molecular formula is C74H76Br2Cl2CuILiN9O7S. The molecule has 5 aliphatic heterocycles. The summed E-state index contributed by atoms with van der Waals surface area (Å²) in [5.74, 6) is 3.44. The maximum absolute atomic E-state index is 12.7. The monoisotopic (exact) mass is 1660 g/mol. The molecule has 98 heavy (non-hydrogen) atoms. The number of nitrogens with zero attached hydrogens (tertiary/aromatic N) is 7. The standard InChI is InChI=1S/C22H20BrN3O2.C22H20ClN3O2.C18H24BrNO3S.C8H3IN2.C4H9.ClH.Cu.Li/c2*1-27-15-6-8-21(9-7-15)22(18-11-14(23)3-5-19(18)28-21)17-10-13(12-24)2-4-16(17)20(25)26-22;1-17(2,3)24(21)20-16-14-11-12(19)5-6-15(14)23-18(16)9-7-13(22-4)8-10-18;1-11-7-3-2-6(5-10)8(9)4-7;1-3-4-2;;;/h2*2-5,10-11,15H,6-9H2,1H3,(H2,25,26);5-6,11,13H,7-10H2,1-4H3;2-4H;1,3-4H2,2H3;1H;;/q;;;;-1;;2*+1/p-1. The van der Waals surface area contributed by atoms with Crippen LogP contribution in [0.1, 0.15) is 173 Å². The van der Waals surface area contributed by atoms with Gasteiger partial charge in [-0.25, -0.2) is 19.0 Å². The first-order chi connectivity index (χ1) is 46.5. The topological polar surface area (TPSA) is 237 Å². The predicted octanol–water partition coefficient (Wildman–Crippen LogP) is 14.3. The molecule has 512 valence electrons. The van der Waals surface area contributed by atoms with E-state index in [1.165, 1.54) is 6.42 Å². The Morgan fingerprint density at radius 1 is 0.673 bits per heavy atom. The third-order valence-electron chi connectivity index (χ3n) is 19.2. The third kappa shape index (κ3) is 15.3. The van der Waals surface area contributed by atoms with E-state index < -0.39 is 43.6 Å². The van der Waals surface area contributed by atoms with E-state index in [0.717, 1.165) is 158 Å². The second-order valence-electron chi connectivity index (χ2n) is 25.7. The van der Waals surface area contributed by atoms with Gasteiger partial charge in [0.1, 0.15) is 62.9 Å². The van der Waals surface area contributed by atoms with Crippen LogP contribution in [0.3, 0.4) is 0 Å². The van der Waals surface area contributed by atoms with Crippen LogP contribution in [0.15, 0.2) is 133 Å². The fourth-order valence-corrected chi connectivity index (χ4v) is 16.4. The normalized spacial score (nSPS) is 25.6. The second-order valence-corrected chi connectivity index (χ2v) is 31.1. The molecule has 24 heteroatoms. The number of ether oxygens (including phenoxy) is 6.